The van der Waals surface area contributed by atoms with Gasteiger partial charge in [0.25, 0.3) is 0 Å². The predicted octanol–water partition coefficient (Wildman–Crippen LogP) is 1.77. The van der Waals surface area contributed by atoms with Gasteiger partial charge < -0.3 is 5.32 Å². The Hall–Kier alpha value is -1.13. The quantitative estimate of drug-likeness (QED) is 0.800. The first-order valence-electron chi connectivity index (χ1n) is 6.69. The Morgan fingerprint density at radius 1 is 1.53 bits per heavy atom. The number of rotatable bonds is 6. The molecule has 1 aromatic heterocycles. The van der Waals surface area contributed by atoms with E-state index in [0.717, 1.165) is 17.3 Å². The largest absolute Gasteiger partial charge is 0.303 e. The van der Waals surface area contributed by atoms with Gasteiger partial charge in [-0.3, -0.25) is 0 Å². The van der Waals surface area contributed by atoms with Crippen molar-refractivity contribution in [3.05, 3.63) is 0 Å². The van der Waals surface area contributed by atoms with Crippen LogP contribution in [-0.2, 0) is 0 Å². The summed E-state index contributed by atoms with van der Waals surface area (Å²) >= 11 is 1.63. The molecule has 1 aromatic rings. The number of nitrogens with one attached hydrogen (secondary N) is 1. The van der Waals surface area contributed by atoms with E-state index in [1.165, 1.54) is 25.7 Å². The Bertz CT molecular complexity index is 447. The zero-order chi connectivity index (χ0) is 13.7. The second kappa shape index (κ2) is 6.35. The molecule has 6 nitrogen and oxygen atoms in total. The maximum atomic E-state index is 9.10. The molecule has 0 aromatic carbocycles. The second-order valence-electron chi connectivity index (χ2n) is 5.14. The normalized spacial score (nSPS) is 19.2. The van der Waals surface area contributed by atoms with E-state index in [2.05, 4.69) is 26.9 Å². The third-order valence-corrected chi connectivity index (χ3v) is 4.70. The van der Waals surface area contributed by atoms with E-state index in [1.54, 1.807) is 11.8 Å². The monoisotopic (exact) mass is 280 g/mol. The van der Waals surface area contributed by atoms with Crippen molar-refractivity contribution in [2.45, 2.75) is 55.8 Å². The van der Waals surface area contributed by atoms with Gasteiger partial charge in [0.05, 0.1) is 12.1 Å². The van der Waals surface area contributed by atoms with Crippen molar-refractivity contribution in [1.82, 2.24) is 25.5 Å². The van der Waals surface area contributed by atoms with Crippen LogP contribution in [0.2, 0.25) is 0 Å². The summed E-state index contributed by atoms with van der Waals surface area (Å²) in [6, 6.07) is 2.76. The summed E-state index contributed by atoms with van der Waals surface area (Å²) < 4.78 is 1.96. The summed E-state index contributed by atoms with van der Waals surface area (Å²) in [6.45, 7) is 1.91. The SMILES string of the molecule is CNC(C)(C#N)CCSc1nnnn1C1CCCC1. The van der Waals surface area contributed by atoms with E-state index >= 15 is 0 Å². The Morgan fingerprint density at radius 2 is 2.26 bits per heavy atom. The van der Waals surface area contributed by atoms with E-state index in [0.29, 0.717) is 6.04 Å². The summed E-state index contributed by atoms with van der Waals surface area (Å²) in [5, 5.41) is 25.0. The van der Waals surface area contributed by atoms with Crippen LogP contribution in [0.3, 0.4) is 0 Å². The first-order chi connectivity index (χ1) is 9.18. The van der Waals surface area contributed by atoms with E-state index in [4.69, 9.17) is 5.26 Å². The molecule has 1 N–H and O–H groups in total. The fraction of sp³-hybridized carbons (Fsp3) is 0.833. The molecule has 1 heterocycles. The number of nitrogens with zero attached hydrogens (tertiary/aromatic N) is 5. The van der Waals surface area contributed by atoms with Crippen molar-refractivity contribution < 1.29 is 0 Å². The van der Waals surface area contributed by atoms with Crippen molar-refractivity contribution in [2.75, 3.05) is 12.8 Å². The molecule has 1 fully saturated rings. The first kappa shape index (κ1) is 14.3. The molecule has 0 saturated heterocycles. The number of tetrazole rings is 1. The molecular weight excluding hydrogens is 260 g/mol. The van der Waals surface area contributed by atoms with Gasteiger partial charge in [0, 0.05) is 5.75 Å². The number of hydrogen-bond acceptors (Lipinski definition) is 6. The van der Waals surface area contributed by atoms with Gasteiger partial charge in [-0.1, -0.05) is 24.6 Å². The van der Waals surface area contributed by atoms with Gasteiger partial charge in [0.15, 0.2) is 0 Å². The van der Waals surface area contributed by atoms with Crippen LogP contribution < -0.4 is 5.32 Å². The molecule has 1 aliphatic rings. The predicted molar refractivity (Wildman–Crippen MR) is 73.7 cm³/mol. The Labute approximate surface area is 117 Å². The average molecular weight is 280 g/mol. The van der Waals surface area contributed by atoms with Crippen molar-refractivity contribution in [3.8, 4) is 6.07 Å². The van der Waals surface area contributed by atoms with E-state index in [9.17, 15) is 0 Å². The molecule has 0 radical (unpaired) electrons. The minimum absolute atomic E-state index is 0.462. The highest BCUT2D eigenvalue weighted by Gasteiger charge is 2.24. The Balaban J connectivity index is 1.90. The molecule has 1 aliphatic carbocycles. The summed E-state index contributed by atoms with van der Waals surface area (Å²) in [7, 11) is 1.82. The number of nitriles is 1. The van der Waals surface area contributed by atoms with Crippen LogP contribution in [0, 0.1) is 11.3 Å². The molecule has 7 heteroatoms. The molecule has 2 rings (SSSR count). The minimum Gasteiger partial charge on any atom is -0.303 e. The zero-order valence-corrected chi connectivity index (χ0v) is 12.3. The van der Waals surface area contributed by atoms with Gasteiger partial charge in [0.1, 0.15) is 5.54 Å². The molecule has 0 spiro atoms. The van der Waals surface area contributed by atoms with Crippen LogP contribution in [-0.4, -0.2) is 38.5 Å². The number of thioether (sulfide) groups is 1. The lowest BCUT2D eigenvalue weighted by Gasteiger charge is -2.20. The Kier molecular flexibility index (Phi) is 4.77. The van der Waals surface area contributed by atoms with E-state index < -0.39 is 5.54 Å². The van der Waals surface area contributed by atoms with Gasteiger partial charge in [-0.05, 0) is 43.7 Å². The highest BCUT2D eigenvalue weighted by molar-refractivity contribution is 7.99. The fourth-order valence-corrected chi connectivity index (χ4v) is 3.35. The Morgan fingerprint density at radius 3 is 2.89 bits per heavy atom. The molecule has 104 valence electrons. The van der Waals surface area contributed by atoms with Crippen LogP contribution in [0.4, 0.5) is 0 Å². The van der Waals surface area contributed by atoms with Gasteiger partial charge in [0.2, 0.25) is 5.16 Å². The zero-order valence-electron chi connectivity index (χ0n) is 11.5. The van der Waals surface area contributed by atoms with Crippen LogP contribution in [0.5, 0.6) is 0 Å². The topological polar surface area (TPSA) is 79.4 Å². The molecule has 1 atom stereocenters. The second-order valence-corrected chi connectivity index (χ2v) is 6.20. The van der Waals surface area contributed by atoms with Crippen LogP contribution in [0.1, 0.15) is 45.1 Å². The van der Waals surface area contributed by atoms with Crippen LogP contribution >= 0.6 is 11.8 Å². The lowest BCUT2D eigenvalue weighted by molar-refractivity contribution is 0.422. The molecule has 19 heavy (non-hydrogen) atoms. The maximum absolute atomic E-state index is 9.10. The summed E-state index contributed by atoms with van der Waals surface area (Å²) in [4.78, 5) is 0. The minimum atomic E-state index is -0.474. The number of hydrogen-bond donors (Lipinski definition) is 1. The smallest absolute Gasteiger partial charge is 0.209 e. The molecule has 1 unspecified atom stereocenters. The molecule has 0 bridgehead atoms. The van der Waals surface area contributed by atoms with Gasteiger partial charge in [-0.25, -0.2) is 4.68 Å². The third kappa shape index (κ3) is 3.45. The van der Waals surface area contributed by atoms with E-state index in [1.807, 2.05) is 18.7 Å². The van der Waals surface area contributed by atoms with Gasteiger partial charge >= 0.3 is 0 Å². The van der Waals surface area contributed by atoms with E-state index in [-0.39, 0.29) is 0 Å². The number of aromatic nitrogens is 4. The molecular formula is C12H20N6S. The van der Waals surface area contributed by atoms with Crippen molar-refractivity contribution in [2.24, 2.45) is 0 Å². The lowest BCUT2D eigenvalue weighted by Crippen LogP contribution is -2.38. The molecule has 0 amide bonds. The van der Waals surface area contributed by atoms with Crippen molar-refractivity contribution in [1.29, 1.82) is 5.26 Å². The lowest BCUT2D eigenvalue weighted by atomic mass is 10.0. The highest BCUT2D eigenvalue weighted by atomic mass is 32.2. The summed E-state index contributed by atoms with van der Waals surface area (Å²) in [5.74, 6) is 0.831. The standard InChI is InChI=1S/C12H20N6S/c1-12(9-13,14-2)7-8-19-11-15-16-17-18(11)10-5-3-4-6-10/h10,14H,3-8H2,1-2H3. The third-order valence-electron chi connectivity index (χ3n) is 3.76. The molecule has 0 aliphatic heterocycles. The summed E-state index contributed by atoms with van der Waals surface area (Å²) in [5.41, 5.74) is -0.474. The van der Waals surface area contributed by atoms with Crippen LogP contribution in [0.25, 0.3) is 0 Å². The highest BCUT2D eigenvalue weighted by Crippen LogP contribution is 2.31. The summed E-state index contributed by atoms with van der Waals surface area (Å²) in [6.07, 6.45) is 5.64. The average Bonchev–Trinajstić information content (AvgIpc) is 3.08. The van der Waals surface area contributed by atoms with Crippen molar-refractivity contribution >= 4 is 11.8 Å². The van der Waals surface area contributed by atoms with Crippen molar-refractivity contribution in [3.63, 3.8) is 0 Å². The molecule has 1 saturated carbocycles. The first-order valence-corrected chi connectivity index (χ1v) is 7.68. The van der Waals surface area contributed by atoms with Gasteiger partial charge in [-0.2, -0.15) is 5.26 Å². The fourth-order valence-electron chi connectivity index (χ4n) is 2.24. The maximum Gasteiger partial charge on any atom is 0.209 e. The van der Waals surface area contributed by atoms with Crippen LogP contribution in [0.15, 0.2) is 5.16 Å². The van der Waals surface area contributed by atoms with Gasteiger partial charge in [-0.15, -0.1) is 5.10 Å².